The average Bonchev–Trinajstić information content (AvgIpc) is 2.42. The Hall–Kier alpha value is -2.11. The summed E-state index contributed by atoms with van der Waals surface area (Å²) in [4.78, 5) is 28.7. The molecular formula is C9H8N2O4. The number of H-pyrrole nitrogens is 1. The second-order valence-corrected chi connectivity index (χ2v) is 3.17. The van der Waals surface area contributed by atoms with Gasteiger partial charge < -0.3 is 14.5 Å². The van der Waals surface area contributed by atoms with Crippen LogP contribution < -0.4 is 5.56 Å². The Morgan fingerprint density at radius 1 is 1.47 bits per heavy atom. The molecule has 0 aliphatic carbocycles. The maximum Gasteiger partial charge on any atom is 0.374 e. The van der Waals surface area contributed by atoms with Crippen molar-refractivity contribution in [3.05, 3.63) is 27.7 Å². The Morgan fingerprint density at radius 2 is 2.13 bits per heavy atom. The molecule has 0 saturated carbocycles. The first-order valence-electron chi connectivity index (χ1n) is 4.24. The maximum atomic E-state index is 11.5. The number of carbonyl (C=O) groups is 1. The van der Waals surface area contributed by atoms with Gasteiger partial charge in [0, 0.05) is 0 Å². The first-order valence-corrected chi connectivity index (χ1v) is 4.24. The Balaban J connectivity index is 3.00. The first kappa shape index (κ1) is 9.45. The van der Waals surface area contributed by atoms with Gasteiger partial charge in [0.1, 0.15) is 22.5 Å². The minimum atomic E-state index is -1.23. The van der Waals surface area contributed by atoms with E-state index in [4.69, 9.17) is 9.52 Å². The number of carboxylic acids is 1. The zero-order valence-corrected chi connectivity index (χ0v) is 8.12. The van der Waals surface area contributed by atoms with E-state index < -0.39 is 5.97 Å². The van der Waals surface area contributed by atoms with Gasteiger partial charge in [-0.05, 0) is 13.8 Å². The molecule has 2 rings (SSSR count). The molecule has 0 aliphatic heterocycles. The van der Waals surface area contributed by atoms with Crippen molar-refractivity contribution in [3.63, 3.8) is 0 Å². The van der Waals surface area contributed by atoms with E-state index in [1.165, 1.54) is 6.92 Å². The van der Waals surface area contributed by atoms with Crippen LogP contribution in [0.1, 0.15) is 22.1 Å². The molecule has 0 aliphatic rings. The molecule has 78 valence electrons. The third kappa shape index (κ3) is 1.30. The molecule has 0 aromatic carbocycles. The zero-order valence-electron chi connectivity index (χ0n) is 8.12. The fourth-order valence-corrected chi connectivity index (χ4v) is 1.47. The van der Waals surface area contributed by atoms with Gasteiger partial charge >= 0.3 is 5.97 Å². The quantitative estimate of drug-likeness (QED) is 0.723. The van der Waals surface area contributed by atoms with Gasteiger partial charge in [0.2, 0.25) is 5.76 Å². The van der Waals surface area contributed by atoms with Crippen molar-refractivity contribution in [2.45, 2.75) is 13.8 Å². The number of carboxylic acid groups (broad SMARTS) is 1. The van der Waals surface area contributed by atoms with Gasteiger partial charge in [-0.1, -0.05) is 0 Å². The fraction of sp³-hybridized carbons (Fsp3) is 0.222. The van der Waals surface area contributed by atoms with Crippen LogP contribution in [0.15, 0.2) is 9.21 Å². The largest absolute Gasteiger partial charge is 0.475 e. The highest BCUT2D eigenvalue weighted by Crippen LogP contribution is 2.20. The van der Waals surface area contributed by atoms with Crippen molar-refractivity contribution in [2.75, 3.05) is 0 Å². The predicted octanol–water partition coefficient (Wildman–Crippen LogP) is 0.831. The number of furan rings is 1. The van der Waals surface area contributed by atoms with Crippen molar-refractivity contribution in [1.29, 1.82) is 0 Å². The van der Waals surface area contributed by atoms with Gasteiger partial charge in [-0.15, -0.1) is 0 Å². The lowest BCUT2D eigenvalue weighted by Crippen LogP contribution is -2.10. The molecule has 0 fully saturated rings. The Morgan fingerprint density at radius 3 is 2.73 bits per heavy atom. The summed E-state index contributed by atoms with van der Waals surface area (Å²) in [6, 6.07) is 0. The Labute approximate surface area is 83.6 Å². The third-order valence-electron chi connectivity index (χ3n) is 2.05. The summed E-state index contributed by atoms with van der Waals surface area (Å²) in [6.07, 6.45) is 0. The summed E-state index contributed by atoms with van der Waals surface area (Å²) in [5, 5.41) is 9.02. The summed E-state index contributed by atoms with van der Waals surface area (Å²) in [7, 11) is 0. The number of fused-ring (bicyclic) bond motifs is 1. The Bertz CT molecular complexity index is 608. The van der Waals surface area contributed by atoms with Crippen molar-refractivity contribution < 1.29 is 14.3 Å². The van der Waals surface area contributed by atoms with E-state index in [9.17, 15) is 9.59 Å². The van der Waals surface area contributed by atoms with E-state index in [2.05, 4.69) is 9.97 Å². The fourth-order valence-electron chi connectivity index (χ4n) is 1.47. The van der Waals surface area contributed by atoms with Crippen LogP contribution in [0.5, 0.6) is 0 Å². The lowest BCUT2D eigenvalue weighted by atomic mass is 10.3. The number of rotatable bonds is 1. The number of aromatic carboxylic acids is 1. The minimum absolute atomic E-state index is 0.0984. The van der Waals surface area contributed by atoms with E-state index in [1.807, 2.05) is 0 Å². The SMILES string of the molecule is Cc1nc2c(C(=O)O)oc(C)c2c(=O)[nH]1. The molecule has 6 nitrogen and oxygen atoms in total. The monoisotopic (exact) mass is 208 g/mol. The zero-order chi connectivity index (χ0) is 11.2. The molecule has 0 amide bonds. The first-order chi connectivity index (χ1) is 7.00. The van der Waals surface area contributed by atoms with E-state index in [0.29, 0.717) is 5.82 Å². The van der Waals surface area contributed by atoms with E-state index >= 15 is 0 Å². The van der Waals surface area contributed by atoms with Crippen molar-refractivity contribution in [2.24, 2.45) is 0 Å². The highest BCUT2D eigenvalue weighted by Gasteiger charge is 2.20. The van der Waals surface area contributed by atoms with E-state index in [0.717, 1.165) is 0 Å². The lowest BCUT2D eigenvalue weighted by Gasteiger charge is -1.92. The number of hydrogen-bond donors (Lipinski definition) is 2. The summed E-state index contributed by atoms with van der Waals surface area (Å²) < 4.78 is 4.98. The van der Waals surface area contributed by atoms with Gasteiger partial charge in [-0.2, -0.15) is 0 Å². The molecule has 0 saturated heterocycles. The number of aromatic amines is 1. The predicted molar refractivity (Wildman–Crippen MR) is 51.1 cm³/mol. The Kier molecular flexibility index (Phi) is 1.85. The number of nitrogens with zero attached hydrogens (tertiary/aromatic N) is 1. The summed E-state index contributed by atoms with van der Waals surface area (Å²) >= 11 is 0. The second kappa shape index (κ2) is 2.94. The molecule has 2 aromatic heterocycles. The highest BCUT2D eigenvalue weighted by atomic mass is 16.4. The highest BCUT2D eigenvalue weighted by molar-refractivity contribution is 5.99. The standard InChI is InChI=1S/C9H8N2O4/c1-3-5-6(7(15-3)9(13)14)10-4(2)11-8(5)12/h1-2H3,(H,13,14)(H,10,11,12). The molecule has 15 heavy (non-hydrogen) atoms. The molecule has 2 N–H and O–H groups in total. The molecule has 0 bridgehead atoms. The molecule has 0 spiro atoms. The number of nitrogens with one attached hydrogen (secondary N) is 1. The summed E-state index contributed by atoms with van der Waals surface area (Å²) in [6.45, 7) is 3.11. The van der Waals surface area contributed by atoms with E-state index in [1.54, 1.807) is 6.92 Å². The van der Waals surface area contributed by atoms with Crippen LogP contribution in [0.4, 0.5) is 0 Å². The minimum Gasteiger partial charge on any atom is -0.475 e. The van der Waals surface area contributed by atoms with Crippen LogP contribution in [0, 0.1) is 13.8 Å². The van der Waals surface area contributed by atoms with Gasteiger partial charge in [-0.25, -0.2) is 9.78 Å². The normalized spacial score (nSPS) is 10.8. The number of aryl methyl sites for hydroxylation is 2. The maximum absolute atomic E-state index is 11.5. The lowest BCUT2D eigenvalue weighted by molar-refractivity contribution is 0.0663. The van der Waals surface area contributed by atoms with Gasteiger partial charge in [0.25, 0.3) is 5.56 Å². The molecule has 0 unspecified atom stereocenters. The van der Waals surface area contributed by atoms with Crippen LogP contribution in [0.2, 0.25) is 0 Å². The number of hydrogen-bond acceptors (Lipinski definition) is 4. The van der Waals surface area contributed by atoms with Crippen molar-refractivity contribution >= 4 is 16.9 Å². The molecule has 0 radical (unpaired) electrons. The molecule has 6 heteroatoms. The second-order valence-electron chi connectivity index (χ2n) is 3.17. The van der Waals surface area contributed by atoms with Crippen LogP contribution in [0.25, 0.3) is 10.9 Å². The molecular weight excluding hydrogens is 200 g/mol. The van der Waals surface area contributed by atoms with Crippen molar-refractivity contribution in [1.82, 2.24) is 9.97 Å². The van der Waals surface area contributed by atoms with Crippen LogP contribution in [-0.4, -0.2) is 21.0 Å². The summed E-state index contributed by atoms with van der Waals surface area (Å²) in [5.74, 6) is -0.908. The van der Waals surface area contributed by atoms with Crippen molar-refractivity contribution in [3.8, 4) is 0 Å². The van der Waals surface area contributed by atoms with Gasteiger partial charge in [-0.3, -0.25) is 4.79 Å². The van der Waals surface area contributed by atoms with Crippen LogP contribution >= 0.6 is 0 Å². The van der Waals surface area contributed by atoms with Crippen LogP contribution in [0.3, 0.4) is 0 Å². The molecule has 0 atom stereocenters. The molecule has 2 aromatic rings. The third-order valence-corrected chi connectivity index (χ3v) is 2.05. The van der Waals surface area contributed by atoms with Gasteiger partial charge in [0.15, 0.2) is 0 Å². The smallest absolute Gasteiger partial charge is 0.374 e. The van der Waals surface area contributed by atoms with Gasteiger partial charge in [0.05, 0.1) is 0 Å². The number of aromatic nitrogens is 2. The molecule has 2 heterocycles. The topological polar surface area (TPSA) is 96.2 Å². The van der Waals surface area contributed by atoms with E-state index in [-0.39, 0.29) is 28.0 Å². The average molecular weight is 208 g/mol. The summed E-state index contributed by atoms with van der Waals surface area (Å²) in [5.41, 5.74) is -0.285. The van der Waals surface area contributed by atoms with Crippen LogP contribution in [-0.2, 0) is 0 Å².